The van der Waals surface area contributed by atoms with Crippen molar-refractivity contribution in [3.05, 3.63) is 80.1 Å². The van der Waals surface area contributed by atoms with E-state index in [-0.39, 0.29) is 18.9 Å². The molecule has 0 unspecified atom stereocenters. The van der Waals surface area contributed by atoms with E-state index in [1.54, 1.807) is 6.08 Å². The molecular weight excluding hydrogens is 482 g/mol. The minimum atomic E-state index is -0.421. The summed E-state index contributed by atoms with van der Waals surface area (Å²) in [6.07, 6.45) is 1.65. The number of fused-ring (bicyclic) bond motifs is 1. The smallest absolute Gasteiger partial charge is 0.262 e. The van der Waals surface area contributed by atoms with Gasteiger partial charge in [0.1, 0.15) is 11.6 Å². The second kappa shape index (κ2) is 9.16. The first-order chi connectivity index (χ1) is 15.8. The first kappa shape index (κ1) is 22.7. The van der Waals surface area contributed by atoms with Gasteiger partial charge in [-0.15, -0.1) is 0 Å². The minimum Gasteiger partial charge on any atom is -0.454 e. The molecule has 1 aliphatic rings. The van der Waals surface area contributed by atoms with Crippen molar-refractivity contribution in [3.63, 3.8) is 0 Å². The molecular formula is C26H24BrN3O3. The van der Waals surface area contributed by atoms with E-state index in [1.165, 1.54) is 0 Å². The molecule has 168 valence electrons. The fourth-order valence-electron chi connectivity index (χ4n) is 4.02. The van der Waals surface area contributed by atoms with Gasteiger partial charge in [0.05, 0.1) is 0 Å². The predicted octanol–water partition coefficient (Wildman–Crippen LogP) is 5.43. The van der Waals surface area contributed by atoms with E-state index in [0.29, 0.717) is 11.5 Å². The van der Waals surface area contributed by atoms with Crippen molar-refractivity contribution in [1.29, 1.82) is 5.26 Å². The number of nitrogens with zero attached hydrogens (tertiary/aromatic N) is 2. The average Bonchev–Trinajstić information content (AvgIpc) is 3.36. The van der Waals surface area contributed by atoms with Crippen LogP contribution in [-0.4, -0.2) is 17.3 Å². The molecule has 7 heteroatoms. The molecule has 0 spiro atoms. The van der Waals surface area contributed by atoms with Crippen LogP contribution in [0.2, 0.25) is 0 Å². The SMILES string of the molecule is Cc1cc(-n2c(C)cc(/C=C(\C#N)C(=O)NCc3ccc4c(c3)OCO4)c2C)cc(C)c1Br. The second-order valence-electron chi connectivity index (χ2n) is 8.10. The Hall–Kier alpha value is -3.50. The molecule has 1 amide bonds. The Bertz CT molecular complexity index is 1310. The maximum Gasteiger partial charge on any atom is 0.262 e. The van der Waals surface area contributed by atoms with Crippen molar-refractivity contribution in [2.24, 2.45) is 0 Å². The van der Waals surface area contributed by atoms with Gasteiger partial charge in [0.2, 0.25) is 6.79 Å². The van der Waals surface area contributed by atoms with Crippen molar-refractivity contribution in [3.8, 4) is 23.3 Å². The Morgan fingerprint density at radius 3 is 2.52 bits per heavy atom. The number of ether oxygens (including phenoxy) is 2. The van der Waals surface area contributed by atoms with Gasteiger partial charge >= 0.3 is 0 Å². The van der Waals surface area contributed by atoms with Crippen LogP contribution in [-0.2, 0) is 11.3 Å². The molecule has 2 heterocycles. The van der Waals surface area contributed by atoms with Gasteiger partial charge in [0.25, 0.3) is 5.91 Å². The third-order valence-electron chi connectivity index (χ3n) is 5.70. The van der Waals surface area contributed by atoms with Crippen molar-refractivity contribution >= 4 is 27.9 Å². The average molecular weight is 506 g/mol. The van der Waals surface area contributed by atoms with Gasteiger partial charge < -0.3 is 19.4 Å². The van der Waals surface area contributed by atoms with E-state index in [4.69, 9.17) is 9.47 Å². The summed E-state index contributed by atoms with van der Waals surface area (Å²) in [5.41, 5.74) is 7.09. The van der Waals surface area contributed by atoms with Gasteiger partial charge in [0.15, 0.2) is 11.5 Å². The number of aryl methyl sites for hydroxylation is 3. The molecule has 0 saturated heterocycles. The molecule has 1 aliphatic heterocycles. The highest BCUT2D eigenvalue weighted by molar-refractivity contribution is 9.10. The lowest BCUT2D eigenvalue weighted by Crippen LogP contribution is -2.23. The van der Waals surface area contributed by atoms with Gasteiger partial charge in [-0.2, -0.15) is 5.26 Å². The predicted molar refractivity (Wildman–Crippen MR) is 130 cm³/mol. The van der Waals surface area contributed by atoms with Crippen LogP contribution in [0.25, 0.3) is 11.8 Å². The lowest BCUT2D eigenvalue weighted by atomic mass is 10.1. The lowest BCUT2D eigenvalue weighted by molar-refractivity contribution is -0.117. The largest absolute Gasteiger partial charge is 0.454 e. The zero-order chi connectivity index (χ0) is 23.7. The van der Waals surface area contributed by atoms with Crippen molar-refractivity contribution in [1.82, 2.24) is 9.88 Å². The first-order valence-corrected chi connectivity index (χ1v) is 11.3. The van der Waals surface area contributed by atoms with Crippen LogP contribution >= 0.6 is 15.9 Å². The fourth-order valence-corrected chi connectivity index (χ4v) is 4.24. The van der Waals surface area contributed by atoms with Crippen LogP contribution in [0.15, 0.2) is 46.4 Å². The molecule has 0 bridgehead atoms. The van der Waals surface area contributed by atoms with E-state index >= 15 is 0 Å². The molecule has 0 radical (unpaired) electrons. The second-order valence-corrected chi connectivity index (χ2v) is 8.89. The summed E-state index contributed by atoms with van der Waals surface area (Å²) in [6.45, 7) is 8.62. The maximum atomic E-state index is 12.7. The Morgan fingerprint density at radius 2 is 1.82 bits per heavy atom. The molecule has 3 aromatic rings. The Balaban J connectivity index is 1.56. The van der Waals surface area contributed by atoms with Crippen LogP contribution < -0.4 is 14.8 Å². The molecule has 4 rings (SSSR count). The van der Waals surface area contributed by atoms with E-state index in [1.807, 2.05) is 44.2 Å². The Kier molecular flexibility index (Phi) is 6.30. The number of nitriles is 1. The molecule has 33 heavy (non-hydrogen) atoms. The normalized spacial score (nSPS) is 12.5. The molecule has 6 nitrogen and oxygen atoms in total. The summed E-state index contributed by atoms with van der Waals surface area (Å²) >= 11 is 3.62. The number of carbonyl (C=O) groups is 1. The quantitative estimate of drug-likeness (QED) is 0.370. The third kappa shape index (κ3) is 4.53. The molecule has 2 aromatic carbocycles. The number of nitrogens with one attached hydrogen (secondary N) is 1. The summed E-state index contributed by atoms with van der Waals surface area (Å²) in [5, 5.41) is 12.5. The zero-order valence-electron chi connectivity index (χ0n) is 19.0. The van der Waals surface area contributed by atoms with Crippen LogP contribution in [0.1, 0.15) is 33.6 Å². The summed E-state index contributed by atoms with van der Waals surface area (Å²) in [4.78, 5) is 12.7. The molecule has 0 fully saturated rings. The number of rotatable bonds is 5. The van der Waals surface area contributed by atoms with Crippen LogP contribution in [0.3, 0.4) is 0 Å². The molecule has 1 aromatic heterocycles. The van der Waals surface area contributed by atoms with Crippen LogP contribution in [0.5, 0.6) is 11.5 Å². The number of aromatic nitrogens is 1. The van der Waals surface area contributed by atoms with Crippen molar-refractivity contribution < 1.29 is 14.3 Å². The Morgan fingerprint density at radius 1 is 1.12 bits per heavy atom. The highest BCUT2D eigenvalue weighted by atomic mass is 79.9. The lowest BCUT2D eigenvalue weighted by Gasteiger charge is -2.13. The van der Waals surface area contributed by atoms with E-state index in [2.05, 4.69) is 51.8 Å². The monoisotopic (exact) mass is 505 g/mol. The zero-order valence-corrected chi connectivity index (χ0v) is 20.5. The number of hydrogen-bond donors (Lipinski definition) is 1. The van der Waals surface area contributed by atoms with Crippen molar-refractivity contribution in [2.45, 2.75) is 34.2 Å². The fraction of sp³-hybridized carbons (Fsp3) is 0.231. The molecule has 1 N–H and O–H groups in total. The van der Waals surface area contributed by atoms with Gasteiger partial charge in [-0.3, -0.25) is 4.79 Å². The van der Waals surface area contributed by atoms with Gasteiger partial charge in [-0.25, -0.2) is 0 Å². The van der Waals surface area contributed by atoms with Gasteiger partial charge in [0, 0.05) is 28.1 Å². The van der Waals surface area contributed by atoms with Crippen molar-refractivity contribution in [2.75, 3.05) is 6.79 Å². The summed E-state index contributed by atoms with van der Waals surface area (Å²) < 4.78 is 13.9. The van der Waals surface area contributed by atoms with Crippen LogP contribution in [0.4, 0.5) is 0 Å². The minimum absolute atomic E-state index is 0.0548. The van der Waals surface area contributed by atoms with Gasteiger partial charge in [-0.05, 0) is 86.4 Å². The van der Waals surface area contributed by atoms with Gasteiger partial charge in [-0.1, -0.05) is 22.0 Å². The number of amides is 1. The topological polar surface area (TPSA) is 76.3 Å². The number of benzene rings is 2. The number of hydrogen-bond acceptors (Lipinski definition) is 4. The molecule has 0 saturated carbocycles. The van der Waals surface area contributed by atoms with E-state index < -0.39 is 5.91 Å². The standard InChI is InChI=1S/C26H24BrN3O3/c1-15-7-22(8-16(2)25(15)27)30-17(3)9-20(18(30)4)11-21(12-28)26(31)29-13-19-5-6-23-24(10-19)33-14-32-23/h5-11H,13-14H2,1-4H3,(H,29,31)/b21-11+. The van der Waals surface area contributed by atoms with E-state index in [0.717, 1.165) is 43.8 Å². The highest BCUT2D eigenvalue weighted by Gasteiger charge is 2.16. The third-order valence-corrected chi connectivity index (χ3v) is 6.96. The van der Waals surface area contributed by atoms with E-state index in [9.17, 15) is 10.1 Å². The Labute approximate surface area is 201 Å². The number of carbonyl (C=O) groups excluding carboxylic acids is 1. The number of halogens is 1. The first-order valence-electron chi connectivity index (χ1n) is 10.5. The summed E-state index contributed by atoms with van der Waals surface area (Å²) in [7, 11) is 0. The maximum absolute atomic E-state index is 12.7. The molecule has 0 atom stereocenters. The molecule has 0 aliphatic carbocycles. The summed E-state index contributed by atoms with van der Waals surface area (Å²) in [5.74, 6) is 0.924. The highest BCUT2D eigenvalue weighted by Crippen LogP contribution is 2.32. The summed E-state index contributed by atoms with van der Waals surface area (Å²) in [6, 6.07) is 13.8. The van der Waals surface area contributed by atoms with Crippen LogP contribution in [0, 0.1) is 39.0 Å².